The lowest BCUT2D eigenvalue weighted by Crippen LogP contribution is -2.11. The molecule has 0 aliphatic heterocycles. The second kappa shape index (κ2) is 7.45. The Bertz CT molecular complexity index is 1070. The Labute approximate surface area is 164 Å². The average molecular weight is 400 g/mol. The van der Waals surface area contributed by atoms with Gasteiger partial charge in [-0.1, -0.05) is 23.9 Å². The Kier molecular flexibility index (Phi) is 4.87. The molecule has 3 aromatic heterocycles. The van der Waals surface area contributed by atoms with Crippen LogP contribution >= 0.6 is 23.1 Å². The maximum atomic E-state index is 6.15. The first kappa shape index (κ1) is 17.6. The summed E-state index contributed by atoms with van der Waals surface area (Å²) < 4.78 is 12.1. The summed E-state index contributed by atoms with van der Waals surface area (Å²) in [7, 11) is 1.66. The Morgan fingerprint density at radius 3 is 2.96 bits per heavy atom. The van der Waals surface area contributed by atoms with E-state index in [0.29, 0.717) is 16.7 Å². The second-order valence-electron chi connectivity index (χ2n) is 5.73. The number of benzene rings is 1. The van der Waals surface area contributed by atoms with Crippen LogP contribution in [0.5, 0.6) is 5.75 Å². The van der Waals surface area contributed by atoms with Crippen molar-refractivity contribution in [2.45, 2.75) is 17.8 Å². The Balaban J connectivity index is 1.48. The number of hydrogen-bond donors (Lipinski definition) is 1. The van der Waals surface area contributed by atoms with Crippen molar-refractivity contribution >= 4 is 23.1 Å². The molecule has 0 amide bonds. The molecule has 0 saturated heterocycles. The number of nitrogens with zero attached hydrogens (tertiary/aromatic N) is 4. The van der Waals surface area contributed by atoms with Gasteiger partial charge in [0.15, 0.2) is 5.82 Å². The molecule has 7 nitrogen and oxygen atoms in total. The summed E-state index contributed by atoms with van der Waals surface area (Å²) in [4.78, 5) is 4.70. The van der Waals surface area contributed by atoms with Crippen LogP contribution in [0.1, 0.15) is 11.5 Å². The molecule has 9 heteroatoms. The highest BCUT2D eigenvalue weighted by molar-refractivity contribution is 7.98. The van der Waals surface area contributed by atoms with Gasteiger partial charge in [-0.25, -0.2) is 9.66 Å². The van der Waals surface area contributed by atoms with Crippen molar-refractivity contribution in [2.24, 2.45) is 0 Å². The van der Waals surface area contributed by atoms with Crippen molar-refractivity contribution in [1.82, 2.24) is 19.9 Å². The molecule has 2 N–H and O–H groups in total. The fourth-order valence-electron chi connectivity index (χ4n) is 2.58. The average Bonchev–Trinajstić information content (AvgIpc) is 3.41. The van der Waals surface area contributed by atoms with Crippen molar-refractivity contribution in [1.29, 1.82) is 0 Å². The van der Waals surface area contributed by atoms with Crippen LogP contribution in [0, 0.1) is 6.92 Å². The molecule has 4 aromatic rings. The second-order valence-corrected chi connectivity index (χ2v) is 7.53. The Morgan fingerprint density at radius 2 is 2.19 bits per heavy atom. The van der Waals surface area contributed by atoms with Crippen LogP contribution in [0.2, 0.25) is 0 Å². The predicted octanol–water partition coefficient (Wildman–Crippen LogP) is 3.98. The maximum Gasteiger partial charge on any atom is 0.210 e. The molecule has 138 valence electrons. The third-order valence-electron chi connectivity index (χ3n) is 3.98. The molecule has 0 bridgehead atoms. The number of aryl methyl sites for hydroxylation is 1. The number of ether oxygens (including phenoxy) is 1. The largest absolute Gasteiger partial charge is 0.497 e. The molecule has 4 rings (SSSR count). The molecule has 3 heterocycles. The third-order valence-corrected chi connectivity index (χ3v) is 5.90. The molecule has 0 unspecified atom stereocenters. The van der Waals surface area contributed by atoms with E-state index < -0.39 is 0 Å². The minimum absolute atomic E-state index is 0.582. The Morgan fingerprint density at radius 1 is 1.30 bits per heavy atom. The van der Waals surface area contributed by atoms with Gasteiger partial charge in [0.1, 0.15) is 16.5 Å². The SMILES string of the molecule is COc1cccc(-c2nc(CSc3nnc(-c4ccoc4C)n3N)cs2)c1. The highest BCUT2D eigenvalue weighted by atomic mass is 32.2. The zero-order valence-electron chi connectivity index (χ0n) is 14.7. The molecular formula is C18H17N5O2S2. The van der Waals surface area contributed by atoms with E-state index in [1.807, 2.05) is 42.6 Å². The van der Waals surface area contributed by atoms with Gasteiger partial charge in [-0.05, 0) is 25.1 Å². The van der Waals surface area contributed by atoms with Gasteiger partial charge in [-0.15, -0.1) is 21.5 Å². The van der Waals surface area contributed by atoms with Gasteiger partial charge >= 0.3 is 0 Å². The number of methoxy groups -OCH3 is 1. The van der Waals surface area contributed by atoms with Crippen LogP contribution in [0.3, 0.4) is 0 Å². The number of rotatable bonds is 6. The van der Waals surface area contributed by atoms with Crippen LogP contribution < -0.4 is 10.6 Å². The summed E-state index contributed by atoms with van der Waals surface area (Å²) in [6.45, 7) is 1.87. The van der Waals surface area contributed by atoms with Crippen molar-refractivity contribution in [3.63, 3.8) is 0 Å². The molecule has 27 heavy (non-hydrogen) atoms. The lowest BCUT2D eigenvalue weighted by molar-refractivity contribution is 0.415. The number of thiazole rings is 1. The summed E-state index contributed by atoms with van der Waals surface area (Å²) in [5.74, 6) is 8.96. The number of thioether (sulfide) groups is 1. The van der Waals surface area contributed by atoms with Crippen LogP contribution in [0.4, 0.5) is 0 Å². The zero-order valence-corrected chi connectivity index (χ0v) is 16.4. The molecule has 0 saturated carbocycles. The summed E-state index contributed by atoms with van der Waals surface area (Å²) in [5, 5.41) is 12.0. The predicted molar refractivity (Wildman–Crippen MR) is 106 cm³/mol. The van der Waals surface area contributed by atoms with Crippen molar-refractivity contribution in [3.05, 3.63) is 53.4 Å². The first-order valence-corrected chi connectivity index (χ1v) is 9.99. The fourth-order valence-corrected chi connectivity index (χ4v) is 4.25. The lowest BCUT2D eigenvalue weighted by Gasteiger charge is -2.02. The number of hydrogen-bond acceptors (Lipinski definition) is 8. The van der Waals surface area contributed by atoms with Crippen LogP contribution in [0.25, 0.3) is 22.0 Å². The molecule has 1 aromatic carbocycles. The first-order valence-electron chi connectivity index (χ1n) is 8.12. The summed E-state index contributed by atoms with van der Waals surface area (Å²) in [6.07, 6.45) is 1.61. The summed E-state index contributed by atoms with van der Waals surface area (Å²) in [5.41, 5.74) is 2.84. The van der Waals surface area contributed by atoms with E-state index in [1.165, 1.54) is 16.4 Å². The Hall–Kier alpha value is -2.78. The smallest absolute Gasteiger partial charge is 0.210 e. The highest BCUT2D eigenvalue weighted by Crippen LogP contribution is 2.30. The minimum atomic E-state index is 0.582. The zero-order chi connectivity index (χ0) is 18.8. The van der Waals surface area contributed by atoms with E-state index in [9.17, 15) is 0 Å². The van der Waals surface area contributed by atoms with Gasteiger partial charge in [0.05, 0.1) is 24.6 Å². The first-order chi connectivity index (χ1) is 13.2. The topological polar surface area (TPSA) is 92.0 Å². The van der Waals surface area contributed by atoms with E-state index in [0.717, 1.165) is 33.3 Å². The standard InChI is InChI=1S/C18H17N5O2S2/c1-11-15(6-7-25-11)16-21-22-18(23(16)19)27-10-13-9-26-17(20-13)12-4-3-5-14(8-12)24-2/h3-9H,10,19H2,1-2H3. The van der Waals surface area contributed by atoms with E-state index in [1.54, 1.807) is 24.7 Å². The molecule has 0 radical (unpaired) electrons. The monoisotopic (exact) mass is 399 g/mol. The van der Waals surface area contributed by atoms with Crippen LogP contribution in [0.15, 0.2) is 51.5 Å². The molecule has 0 atom stereocenters. The minimum Gasteiger partial charge on any atom is -0.497 e. The quantitative estimate of drug-likeness (QED) is 0.387. The van der Waals surface area contributed by atoms with Crippen molar-refractivity contribution in [3.8, 4) is 27.7 Å². The number of nitrogens with two attached hydrogens (primary N) is 1. The molecular weight excluding hydrogens is 382 g/mol. The number of aromatic nitrogens is 4. The number of nitrogen functional groups attached to an aromatic ring is 1. The van der Waals surface area contributed by atoms with E-state index in [-0.39, 0.29) is 0 Å². The van der Waals surface area contributed by atoms with Gasteiger partial charge in [-0.2, -0.15) is 0 Å². The van der Waals surface area contributed by atoms with E-state index in [2.05, 4.69) is 10.2 Å². The van der Waals surface area contributed by atoms with Gasteiger partial charge in [0, 0.05) is 16.7 Å². The van der Waals surface area contributed by atoms with E-state index in [4.69, 9.17) is 20.0 Å². The van der Waals surface area contributed by atoms with Gasteiger partial charge in [0.25, 0.3) is 0 Å². The molecule has 0 aliphatic carbocycles. The summed E-state index contributed by atoms with van der Waals surface area (Å²) >= 11 is 3.09. The van der Waals surface area contributed by atoms with Crippen molar-refractivity contribution < 1.29 is 9.15 Å². The molecule has 0 fully saturated rings. The molecule has 0 aliphatic rings. The number of furan rings is 1. The maximum absolute atomic E-state index is 6.15. The normalized spacial score (nSPS) is 11.0. The fraction of sp³-hybridized carbons (Fsp3) is 0.167. The van der Waals surface area contributed by atoms with Gasteiger partial charge < -0.3 is 15.0 Å². The van der Waals surface area contributed by atoms with Crippen molar-refractivity contribution in [2.75, 3.05) is 13.0 Å². The van der Waals surface area contributed by atoms with Crippen LogP contribution in [-0.2, 0) is 5.75 Å². The summed E-state index contributed by atoms with van der Waals surface area (Å²) in [6, 6.07) is 9.71. The molecule has 0 spiro atoms. The van der Waals surface area contributed by atoms with Gasteiger partial charge in [-0.3, -0.25) is 0 Å². The third kappa shape index (κ3) is 3.56. The highest BCUT2D eigenvalue weighted by Gasteiger charge is 2.16. The van der Waals surface area contributed by atoms with Gasteiger partial charge in [0.2, 0.25) is 5.16 Å². The van der Waals surface area contributed by atoms with Crippen LogP contribution in [-0.4, -0.2) is 27.0 Å². The van der Waals surface area contributed by atoms with E-state index >= 15 is 0 Å². The lowest BCUT2D eigenvalue weighted by atomic mass is 10.2.